The predicted octanol–water partition coefficient (Wildman–Crippen LogP) is 3.14. The molecule has 0 radical (unpaired) electrons. The van der Waals surface area contributed by atoms with Gasteiger partial charge in [-0.25, -0.2) is 0 Å². The molecule has 1 aliphatic heterocycles. The highest BCUT2D eigenvalue weighted by atomic mass is 16.4. The molecule has 2 rings (SSSR count). The average molecular weight is 253 g/mol. The highest BCUT2D eigenvalue weighted by Gasteiger charge is 2.44. The van der Waals surface area contributed by atoms with Crippen molar-refractivity contribution in [2.24, 2.45) is 10.8 Å². The van der Waals surface area contributed by atoms with Gasteiger partial charge in [0.2, 0.25) is 0 Å². The first-order chi connectivity index (χ1) is 8.20. The number of aliphatic carboxylic acids is 1. The third kappa shape index (κ3) is 2.87. The van der Waals surface area contributed by atoms with E-state index in [2.05, 4.69) is 32.6 Å². The van der Waals surface area contributed by atoms with Gasteiger partial charge < -0.3 is 5.11 Å². The van der Waals surface area contributed by atoms with E-state index >= 15 is 0 Å². The molecule has 18 heavy (non-hydrogen) atoms. The Kier molecular flexibility index (Phi) is 3.48. The summed E-state index contributed by atoms with van der Waals surface area (Å²) in [5.41, 5.74) is 0.663. The molecule has 0 aromatic carbocycles. The van der Waals surface area contributed by atoms with Crippen molar-refractivity contribution in [2.75, 3.05) is 6.54 Å². The molecule has 3 nitrogen and oxygen atoms in total. The van der Waals surface area contributed by atoms with Crippen molar-refractivity contribution in [1.82, 2.24) is 4.90 Å². The van der Waals surface area contributed by atoms with Gasteiger partial charge in [-0.15, -0.1) is 0 Å². The van der Waals surface area contributed by atoms with E-state index in [1.807, 2.05) is 0 Å². The summed E-state index contributed by atoms with van der Waals surface area (Å²) in [7, 11) is 0. The Hall–Kier alpha value is -0.570. The van der Waals surface area contributed by atoms with Crippen LogP contribution in [0.1, 0.15) is 59.8 Å². The Morgan fingerprint density at radius 2 is 1.72 bits per heavy atom. The SMILES string of the molecule is CC1(C)CC(N2CCCC2C(=O)O)CC(C)(C)C1. The summed E-state index contributed by atoms with van der Waals surface area (Å²) in [6.45, 7) is 10.3. The first-order valence-electron chi connectivity index (χ1n) is 7.19. The van der Waals surface area contributed by atoms with E-state index in [1.54, 1.807) is 0 Å². The van der Waals surface area contributed by atoms with Gasteiger partial charge in [0.25, 0.3) is 0 Å². The summed E-state index contributed by atoms with van der Waals surface area (Å²) in [5.74, 6) is -0.631. The highest BCUT2D eigenvalue weighted by Crippen LogP contribution is 2.48. The van der Waals surface area contributed by atoms with Crippen molar-refractivity contribution in [1.29, 1.82) is 0 Å². The lowest BCUT2D eigenvalue weighted by molar-refractivity contribution is -0.144. The standard InChI is InChI=1S/C15H27NO2/c1-14(2)8-11(9-15(3,4)10-14)16-7-5-6-12(16)13(17)18/h11-12H,5-10H2,1-4H3,(H,17,18). The van der Waals surface area contributed by atoms with E-state index in [-0.39, 0.29) is 6.04 Å². The monoisotopic (exact) mass is 253 g/mol. The van der Waals surface area contributed by atoms with Crippen molar-refractivity contribution in [2.45, 2.75) is 71.9 Å². The fourth-order valence-corrected chi connectivity index (χ4v) is 4.51. The number of rotatable bonds is 2. The molecule has 104 valence electrons. The zero-order valence-corrected chi connectivity index (χ0v) is 12.2. The molecule has 1 saturated carbocycles. The third-order valence-electron chi connectivity index (χ3n) is 4.58. The smallest absolute Gasteiger partial charge is 0.320 e. The van der Waals surface area contributed by atoms with Gasteiger partial charge in [-0.1, -0.05) is 27.7 Å². The largest absolute Gasteiger partial charge is 0.480 e. The first kappa shape index (κ1) is 13.9. The number of carboxylic acids is 1. The van der Waals surface area contributed by atoms with Crippen LogP contribution in [0.5, 0.6) is 0 Å². The molecule has 1 aliphatic carbocycles. The molecular weight excluding hydrogens is 226 g/mol. The second-order valence-corrected chi connectivity index (χ2v) is 7.80. The maximum Gasteiger partial charge on any atom is 0.320 e. The van der Waals surface area contributed by atoms with Gasteiger partial charge in [0.1, 0.15) is 6.04 Å². The van der Waals surface area contributed by atoms with Crippen LogP contribution >= 0.6 is 0 Å². The number of nitrogens with zero attached hydrogens (tertiary/aromatic N) is 1. The summed E-state index contributed by atoms with van der Waals surface area (Å²) in [5, 5.41) is 9.33. The van der Waals surface area contributed by atoms with Gasteiger partial charge in [-0.2, -0.15) is 0 Å². The van der Waals surface area contributed by atoms with Crippen LogP contribution in [-0.4, -0.2) is 34.6 Å². The minimum absolute atomic E-state index is 0.236. The van der Waals surface area contributed by atoms with Gasteiger partial charge in [-0.3, -0.25) is 9.69 Å². The van der Waals surface area contributed by atoms with Gasteiger partial charge >= 0.3 is 5.97 Å². The topological polar surface area (TPSA) is 40.5 Å². The Labute approximate surface area is 111 Å². The molecule has 2 aliphatic rings. The zero-order chi connectivity index (χ0) is 13.6. The average Bonchev–Trinajstić information content (AvgIpc) is 2.59. The van der Waals surface area contributed by atoms with Crippen molar-refractivity contribution < 1.29 is 9.90 Å². The number of hydrogen-bond acceptors (Lipinski definition) is 2. The number of hydrogen-bond donors (Lipinski definition) is 1. The molecule has 2 fully saturated rings. The Balaban J connectivity index is 2.15. The fraction of sp³-hybridized carbons (Fsp3) is 0.933. The molecule has 1 N–H and O–H groups in total. The lowest BCUT2D eigenvalue weighted by atomic mass is 9.63. The van der Waals surface area contributed by atoms with Crippen LogP contribution in [0, 0.1) is 10.8 Å². The van der Waals surface area contributed by atoms with Crippen molar-refractivity contribution in [3.63, 3.8) is 0 Å². The summed E-state index contributed by atoms with van der Waals surface area (Å²) < 4.78 is 0. The fourth-order valence-electron chi connectivity index (χ4n) is 4.51. The Morgan fingerprint density at radius 3 is 2.22 bits per heavy atom. The van der Waals surface area contributed by atoms with Gasteiger partial charge in [0.05, 0.1) is 0 Å². The number of carboxylic acid groups (broad SMARTS) is 1. The predicted molar refractivity (Wildman–Crippen MR) is 72.6 cm³/mol. The maximum absolute atomic E-state index is 11.3. The Bertz CT molecular complexity index is 319. The second-order valence-electron chi connectivity index (χ2n) is 7.80. The van der Waals surface area contributed by atoms with E-state index in [0.717, 1.165) is 32.2 Å². The molecule has 1 atom stereocenters. The van der Waals surface area contributed by atoms with Crippen molar-refractivity contribution in [3.05, 3.63) is 0 Å². The minimum atomic E-state index is -0.631. The lowest BCUT2D eigenvalue weighted by Gasteiger charge is -2.48. The molecule has 3 heteroatoms. The van der Waals surface area contributed by atoms with Crippen molar-refractivity contribution >= 4 is 5.97 Å². The number of carbonyl (C=O) groups is 1. The maximum atomic E-state index is 11.3. The summed E-state index contributed by atoms with van der Waals surface area (Å²) in [4.78, 5) is 13.6. The van der Waals surface area contributed by atoms with Crippen LogP contribution in [0.4, 0.5) is 0 Å². The second kappa shape index (κ2) is 4.52. The molecule has 0 amide bonds. The van der Waals surface area contributed by atoms with Gasteiger partial charge in [0, 0.05) is 6.04 Å². The molecule has 0 aromatic heterocycles. The van der Waals surface area contributed by atoms with Crippen LogP contribution in [0.25, 0.3) is 0 Å². The molecule has 1 saturated heterocycles. The zero-order valence-electron chi connectivity index (χ0n) is 12.2. The normalized spacial score (nSPS) is 32.6. The van der Waals surface area contributed by atoms with E-state index in [4.69, 9.17) is 0 Å². The third-order valence-corrected chi connectivity index (χ3v) is 4.58. The van der Waals surface area contributed by atoms with E-state index < -0.39 is 5.97 Å². The van der Waals surface area contributed by atoms with Crippen LogP contribution < -0.4 is 0 Å². The molecule has 1 heterocycles. The van der Waals surface area contributed by atoms with Gasteiger partial charge in [-0.05, 0) is 49.5 Å². The summed E-state index contributed by atoms with van der Waals surface area (Å²) >= 11 is 0. The van der Waals surface area contributed by atoms with Crippen LogP contribution in [-0.2, 0) is 4.79 Å². The quantitative estimate of drug-likeness (QED) is 0.822. The van der Waals surface area contributed by atoms with E-state index in [1.165, 1.54) is 6.42 Å². The Morgan fingerprint density at radius 1 is 1.17 bits per heavy atom. The molecule has 0 aromatic rings. The molecule has 1 unspecified atom stereocenters. The van der Waals surface area contributed by atoms with Crippen molar-refractivity contribution in [3.8, 4) is 0 Å². The summed E-state index contributed by atoms with van der Waals surface area (Å²) in [6, 6.07) is 0.215. The van der Waals surface area contributed by atoms with E-state index in [9.17, 15) is 9.90 Å². The van der Waals surface area contributed by atoms with Crippen LogP contribution in [0.15, 0.2) is 0 Å². The highest BCUT2D eigenvalue weighted by molar-refractivity contribution is 5.73. The van der Waals surface area contributed by atoms with Crippen LogP contribution in [0.3, 0.4) is 0 Å². The van der Waals surface area contributed by atoms with E-state index in [0.29, 0.717) is 16.9 Å². The first-order valence-corrected chi connectivity index (χ1v) is 7.19. The summed E-state index contributed by atoms with van der Waals surface area (Å²) in [6.07, 6.45) is 5.38. The molecule has 0 bridgehead atoms. The minimum Gasteiger partial charge on any atom is -0.480 e. The molecular formula is C15H27NO2. The van der Waals surface area contributed by atoms with Gasteiger partial charge in [0.15, 0.2) is 0 Å². The lowest BCUT2D eigenvalue weighted by Crippen LogP contribution is -2.50. The molecule has 0 spiro atoms. The van der Waals surface area contributed by atoms with Crippen LogP contribution in [0.2, 0.25) is 0 Å². The number of likely N-dealkylation sites (tertiary alicyclic amines) is 1.